The van der Waals surface area contributed by atoms with Crippen LogP contribution >= 0.6 is 0 Å². The van der Waals surface area contributed by atoms with Crippen LogP contribution in [0.25, 0.3) is 0 Å². The Balaban J connectivity index is 1.88. The summed E-state index contributed by atoms with van der Waals surface area (Å²) in [5, 5.41) is 0. The Bertz CT molecular complexity index is 821. The molecule has 1 aromatic carbocycles. The third-order valence-corrected chi connectivity index (χ3v) is 4.06. The Morgan fingerprint density at radius 2 is 1.87 bits per heavy atom. The summed E-state index contributed by atoms with van der Waals surface area (Å²) >= 11 is 0. The largest absolute Gasteiger partial charge is 0.421 e. The average Bonchev–Trinajstić information content (AvgIpc) is 2.95. The van der Waals surface area contributed by atoms with Gasteiger partial charge in [-0.2, -0.15) is 13.2 Å². The number of carbonyl (C=O) groups is 1. The number of halogens is 3. The number of carbonyl (C=O) groups excluding carboxylic acids is 1. The van der Waals surface area contributed by atoms with E-state index in [2.05, 4.69) is 0 Å². The molecule has 2 aromatic rings. The van der Waals surface area contributed by atoms with Crippen molar-refractivity contribution in [2.45, 2.75) is 32.0 Å². The highest BCUT2D eigenvalue weighted by molar-refractivity contribution is 5.96. The number of fused-ring (bicyclic) bond motifs is 1. The first-order valence-electron chi connectivity index (χ1n) is 7.28. The first-order chi connectivity index (χ1) is 10.9. The number of benzene rings is 1. The third kappa shape index (κ3) is 3.06. The average molecular weight is 321 g/mol. The van der Waals surface area contributed by atoms with Crippen molar-refractivity contribution in [3.8, 4) is 0 Å². The zero-order valence-electron chi connectivity index (χ0n) is 12.2. The number of Topliss-reactive ketones (excluding diaryl/α,β-unsaturated/α-hetero) is 1. The van der Waals surface area contributed by atoms with Gasteiger partial charge in [-0.3, -0.25) is 9.59 Å². The molecule has 1 aliphatic carbocycles. The first-order valence-corrected chi connectivity index (χ1v) is 7.28. The molecule has 0 unspecified atom stereocenters. The highest BCUT2D eigenvalue weighted by atomic mass is 19.4. The lowest BCUT2D eigenvalue weighted by Crippen LogP contribution is -2.30. The van der Waals surface area contributed by atoms with Crippen LogP contribution in [0.2, 0.25) is 0 Å². The molecular formula is C17H14F3NO2. The van der Waals surface area contributed by atoms with Crippen LogP contribution in [0.5, 0.6) is 0 Å². The summed E-state index contributed by atoms with van der Waals surface area (Å²) in [5.41, 5.74) is 0.274. The molecule has 1 aromatic heterocycles. The molecule has 1 aliphatic rings. The van der Waals surface area contributed by atoms with Crippen molar-refractivity contribution in [1.29, 1.82) is 0 Å². The number of rotatable bonds is 3. The van der Waals surface area contributed by atoms with E-state index in [1.807, 2.05) is 6.07 Å². The molecule has 3 nitrogen and oxygen atoms in total. The predicted molar refractivity (Wildman–Crippen MR) is 78.5 cm³/mol. The van der Waals surface area contributed by atoms with Crippen LogP contribution in [0.3, 0.4) is 0 Å². The second-order valence-electron chi connectivity index (χ2n) is 5.61. The summed E-state index contributed by atoms with van der Waals surface area (Å²) in [5.74, 6) is -0.374. The molecule has 1 heterocycles. The van der Waals surface area contributed by atoms with Gasteiger partial charge in [0.25, 0.3) is 5.56 Å². The fourth-order valence-corrected chi connectivity index (χ4v) is 2.87. The van der Waals surface area contributed by atoms with Crippen LogP contribution in [0.15, 0.2) is 41.3 Å². The van der Waals surface area contributed by atoms with Crippen LogP contribution in [0, 0.1) is 0 Å². The topological polar surface area (TPSA) is 39.1 Å². The molecule has 0 saturated carbocycles. The maximum absolute atomic E-state index is 12.7. The molecule has 6 heteroatoms. The lowest BCUT2D eigenvalue weighted by Gasteiger charge is -2.10. The molecule has 0 atom stereocenters. The van der Waals surface area contributed by atoms with E-state index < -0.39 is 23.8 Å². The number of aromatic nitrogens is 1. The van der Waals surface area contributed by atoms with E-state index in [1.54, 1.807) is 12.1 Å². The number of hydrogen-bond donors (Lipinski definition) is 0. The molecule has 0 amide bonds. The van der Waals surface area contributed by atoms with Crippen molar-refractivity contribution >= 4 is 5.78 Å². The smallest absolute Gasteiger partial charge is 0.307 e. The van der Waals surface area contributed by atoms with Gasteiger partial charge in [0.05, 0.1) is 6.54 Å². The quantitative estimate of drug-likeness (QED) is 0.814. The van der Waals surface area contributed by atoms with Gasteiger partial charge >= 0.3 is 6.18 Å². The normalized spacial score (nSPS) is 13.9. The highest BCUT2D eigenvalue weighted by Crippen LogP contribution is 2.26. The molecule has 120 valence electrons. The molecule has 0 spiro atoms. The summed E-state index contributed by atoms with van der Waals surface area (Å²) in [6.07, 6.45) is -0.601. The Morgan fingerprint density at radius 1 is 1.13 bits per heavy atom. The minimum atomic E-state index is -4.73. The lowest BCUT2D eigenvalue weighted by molar-refractivity contribution is -0.138. The maximum Gasteiger partial charge on any atom is 0.421 e. The van der Waals surface area contributed by atoms with E-state index >= 15 is 0 Å². The van der Waals surface area contributed by atoms with Crippen molar-refractivity contribution in [2.24, 2.45) is 0 Å². The van der Waals surface area contributed by atoms with Crippen LogP contribution in [0.4, 0.5) is 13.2 Å². The predicted octanol–water partition coefficient (Wildman–Crippen LogP) is 3.24. The maximum atomic E-state index is 12.7. The Labute approximate surface area is 130 Å². The molecule has 0 bridgehead atoms. The summed E-state index contributed by atoms with van der Waals surface area (Å²) in [4.78, 5) is 24.1. The van der Waals surface area contributed by atoms with Crippen LogP contribution in [-0.2, 0) is 25.6 Å². The fourth-order valence-electron chi connectivity index (χ4n) is 2.87. The van der Waals surface area contributed by atoms with Gasteiger partial charge in [-0.1, -0.05) is 12.1 Å². The van der Waals surface area contributed by atoms with Gasteiger partial charge in [-0.25, -0.2) is 0 Å². The number of ketones is 1. The van der Waals surface area contributed by atoms with Crippen LogP contribution in [-0.4, -0.2) is 10.4 Å². The third-order valence-electron chi connectivity index (χ3n) is 4.06. The molecule has 23 heavy (non-hydrogen) atoms. The molecular weight excluding hydrogens is 307 g/mol. The van der Waals surface area contributed by atoms with Crippen molar-refractivity contribution in [2.75, 3.05) is 0 Å². The van der Waals surface area contributed by atoms with E-state index in [1.165, 1.54) is 11.8 Å². The molecule has 3 rings (SSSR count). The van der Waals surface area contributed by atoms with Crippen molar-refractivity contribution in [3.05, 3.63) is 69.1 Å². The lowest BCUT2D eigenvalue weighted by atomic mass is 10.0. The van der Waals surface area contributed by atoms with E-state index in [4.69, 9.17) is 0 Å². The van der Waals surface area contributed by atoms with Crippen LogP contribution < -0.4 is 5.56 Å². The number of nitrogens with zero attached hydrogens (tertiary/aromatic N) is 1. The van der Waals surface area contributed by atoms with Gasteiger partial charge in [0, 0.05) is 11.8 Å². The summed E-state index contributed by atoms with van der Waals surface area (Å²) in [7, 11) is 0. The Kier molecular flexibility index (Phi) is 3.83. The summed E-state index contributed by atoms with van der Waals surface area (Å²) in [6.45, 7) is -0.401. The van der Waals surface area contributed by atoms with E-state index in [-0.39, 0.29) is 5.78 Å². The molecule has 0 N–H and O–H groups in total. The molecule has 0 aliphatic heterocycles. The van der Waals surface area contributed by atoms with Gasteiger partial charge in [0.1, 0.15) is 5.56 Å². The van der Waals surface area contributed by atoms with Gasteiger partial charge in [-0.05, 0) is 48.6 Å². The molecule has 0 fully saturated rings. The van der Waals surface area contributed by atoms with Crippen LogP contribution in [0.1, 0.15) is 33.5 Å². The van der Waals surface area contributed by atoms with E-state index in [0.29, 0.717) is 5.56 Å². The highest BCUT2D eigenvalue weighted by Gasteiger charge is 2.34. The van der Waals surface area contributed by atoms with Crippen molar-refractivity contribution in [1.82, 2.24) is 4.57 Å². The van der Waals surface area contributed by atoms with Gasteiger partial charge in [0.15, 0.2) is 5.78 Å². The fraction of sp³-hybridized carbons (Fsp3) is 0.294. The standard InChI is InChI=1S/C17H14F3NO2/c18-17(19,20)14-5-2-8-21(16(14)23)10-15(22)13-7-6-11-3-1-4-12(11)9-13/h2,5-9H,1,3-4,10H2. The minimum Gasteiger partial charge on any atom is -0.307 e. The number of pyridine rings is 1. The second kappa shape index (κ2) is 5.68. The van der Waals surface area contributed by atoms with Gasteiger partial charge < -0.3 is 4.57 Å². The SMILES string of the molecule is O=C(Cn1cccc(C(F)(F)F)c1=O)c1ccc2c(c1)CCC2. The van der Waals surface area contributed by atoms with E-state index in [9.17, 15) is 22.8 Å². The first kappa shape index (κ1) is 15.5. The van der Waals surface area contributed by atoms with Gasteiger partial charge in [-0.15, -0.1) is 0 Å². The zero-order chi connectivity index (χ0) is 16.6. The summed E-state index contributed by atoms with van der Waals surface area (Å²) in [6, 6.07) is 7.18. The van der Waals surface area contributed by atoms with Crippen molar-refractivity contribution in [3.63, 3.8) is 0 Å². The summed E-state index contributed by atoms with van der Waals surface area (Å²) < 4.78 is 39.0. The number of aryl methyl sites for hydroxylation is 2. The molecule has 0 saturated heterocycles. The monoisotopic (exact) mass is 321 g/mol. The van der Waals surface area contributed by atoms with E-state index in [0.717, 1.165) is 41.5 Å². The number of alkyl halides is 3. The molecule has 0 radical (unpaired) electrons. The Morgan fingerprint density at radius 3 is 2.61 bits per heavy atom. The van der Waals surface area contributed by atoms with Gasteiger partial charge in [0.2, 0.25) is 0 Å². The minimum absolute atomic E-state index is 0.374. The zero-order valence-corrected chi connectivity index (χ0v) is 12.2. The Hall–Kier alpha value is -2.37. The number of hydrogen-bond acceptors (Lipinski definition) is 2. The second-order valence-corrected chi connectivity index (χ2v) is 5.61. The van der Waals surface area contributed by atoms with Crippen molar-refractivity contribution < 1.29 is 18.0 Å².